The van der Waals surface area contributed by atoms with E-state index in [1.807, 2.05) is 44.0 Å². The van der Waals surface area contributed by atoms with Gasteiger partial charge in [0.25, 0.3) is 5.91 Å². The van der Waals surface area contributed by atoms with Crippen LogP contribution in [0.5, 0.6) is 11.5 Å². The summed E-state index contributed by atoms with van der Waals surface area (Å²) in [5, 5.41) is 2.74. The van der Waals surface area contributed by atoms with Crippen LogP contribution in [0.15, 0.2) is 18.2 Å². The average molecular weight is 349 g/mol. The second-order valence-electron chi connectivity index (χ2n) is 6.13. The lowest BCUT2D eigenvalue weighted by Gasteiger charge is -2.22. The van der Waals surface area contributed by atoms with Crippen LogP contribution < -0.4 is 14.8 Å². The normalized spacial score (nSPS) is 17.2. The topological polar surface area (TPSA) is 71.1 Å². The molecule has 138 valence electrons. The minimum Gasteiger partial charge on any atom is -0.493 e. The van der Waals surface area contributed by atoms with E-state index in [9.17, 15) is 9.59 Å². The van der Waals surface area contributed by atoms with Gasteiger partial charge in [-0.05, 0) is 38.1 Å². The van der Waals surface area contributed by atoms with E-state index in [0.717, 1.165) is 12.0 Å². The van der Waals surface area contributed by atoms with E-state index >= 15 is 0 Å². The summed E-state index contributed by atoms with van der Waals surface area (Å²) >= 11 is 0. The molecule has 0 aromatic heterocycles. The van der Waals surface area contributed by atoms with E-state index in [1.165, 1.54) is 4.90 Å². The number of hydrogen-bond donors (Lipinski definition) is 1. The Morgan fingerprint density at radius 1 is 1.24 bits per heavy atom. The van der Waals surface area contributed by atoms with Crippen molar-refractivity contribution in [2.24, 2.45) is 0 Å². The zero-order valence-electron chi connectivity index (χ0n) is 15.4. The first-order valence-corrected chi connectivity index (χ1v) is 8.60. The van der Waals surface area contributed by atoms with E-state index < -0.39 is 6.04 Å². The number of hydrogen-bond acceptors (Lipinski definition) is 5. The summed E-state index contributed by atoms with van der Waals surface area (Å²) in [7, 11) is 3.48. The number of methoxy groups -OCH3 is 1. The SMILES string of the molecule is CCC[C@@H]1NC(=O)N(CN(C)Cc2ccc(OCC)c(OC)c2)C1=O. The molecule has 25 heavy (non-hydrogen) atoms. The molecule has 1 N–H and O–H groups in total. The molecule has 7 nitrogen and oxygen atoms in total. The van der Waals surface area contributed by atoms with Crippen LogP contribution in [0, 0.1) is 0 Å². The molecule has 7 heteroatoms. The van der Waals surface area contributed by atoms with Gasteiger partial charge < -0.3 is 14.8 Å². The molecule has 1 atom stereocenters. The first-order valence-electron chi connectivity index (χ1n) is 8.60. The van der Waals surface area contributed by atoms with Crippen LogP contribution in [-0.2, 0) is 11.3 Å². The monoisotopic (exact) mass is 349 g/mol. The fourth-order valence-electron chi connectivity index (χ4n) is 2.88. The van der Waals surface area contributed by atoms with Crippen molar-refractivity contribution in [1.82, 2.24) is 15.1 Å². The fraction of sp³-hybridized carbons (Fsp3) is 0.556. The van der Waals surface area contributed by atoms with Crippen LogP contribution in [0.2, 0.25) is 0 Å². The summed E-state index contributed by atoms with van der Waals surface area (Å²) in [6, 6.07) is 5.02. The van der Waals surface area contributed by atoms with Gasteiger partial charge in [0.15, 0.2) is 11.5 Å². The quantitative estimate of drug-likeness (QED) is 0.692. The summed E-state index contributed by atoms with van der Waals surface area (Å²) in [6.45, 7) is 5.32. The van der Waals surface area contributed by atoms with Gasteiger partial charge in [-0.15, -0.1) is 0 Å². The minimum atomic E-state index is -0.392. The molecule has 0 saturated carbocycles. The summed E-state index contributed by atoms with van der Waals surface area (Å²) in [5.41, 5.74) is 1.01. The van der Waals surface area contributed by atoms with E-state index in [0.29, 0.717) is 31.1 Å². The number of amides is 3. The Bertz CT molecular complexity index is 620. The Morgan fingerprint density at radius 3 is 2.64 bits per heavy atom. The standard InChI is InChI=1S/C18H27N3O4/c1-5-7-14-17(22)21(18(23)19-14)12-20(3)11-13-8-9-15(25-6-2)16(10-13)24-4/h8-10,14H,5-7,11-12H2,1-4H3,(H,19,23)/t14-/m0/s1. The van der Waals surface area contributed by atoms with Crippen molar-refractivity contribution in [3.63, 3.8) is 0 Å². The highest BCUT2D eigenvalue weighted by atomic mass is 16.5. The molecule has 3 amide bonds. The Morgan fingerprint density at radius 2 is 2.00 bits per heavy atom. The summed E-state index contributed by atoms with van der Waals surface area (Å²) in [6.07, 6.45) is 1.52. The smallest absolute Gasteiger partial charge is 0.325 e. The molecule has 1 heterocycles. The first-order chi connectivity index (χ1) is 12.0. The molecule has 0 spiro atoms. The number of nitrogens with zero attached hydrogens (tertiary/aromatic N) is 2. The Kier molecular flexibility index (Phi) is 6.64. The molecule has 0 unspecified atom stereocenters. The van der Waals surface area contributed by atoms with Gasteiger partial charge >= 0.3 is 6.03 Å². The maximum Gasteiger partial charge on any atom is 0.325 e. The van der Waals surface area contributed by atoms with E-state index in [4.69, 9.17) is 9.47 Å². The van der Waals surface area contributed by atoms with Crippen molar-refractivity contribution in [2.75, 3.05) is 27.4 Å². The molecule has 2 rings (SSSR count). The third kappa shape index (κ3) is 4.63. The second kappa shape index (κ2) is 8.71. The molecule has 1 aromatic rings. The summed E-state index contributed by atoms with van der Waals surface area (Å²) in [5.74, 6) is 1.22. The molecular weight excluding hydrogens is 322 g/mol. The van der Waals surface area contributed by atoms with Crippen molar-refractivity contribution in [3.8, 4) is 11.5 Å². The Hall–Kier alpha value is -2.28. The third-order valence-corrected chi connectivity index (χ3v) is 4.05. The van der Waals surface area contributed by atoms with Gasteiger partial charge in [-0.3, -0.25) is 9.69 Å². The van der Waals surface area contributed by atoms with Crippen LogP contribution in [0.25, 0.3) is 0 Å². The Labute approximate surface area is 148 Å². The number of carbonyl (C=O) groups is 2. The van der Waals surface area contributed by atoms with Crippen molar-refractivity contribution in [2.45, 2.75) is 39.3 Å². The number of urea groups is 1. The highest BCUT2D eigenvalue weighted by molar-refractivity contribution is 6.04. The van der Waals surface area contributed by atoms with Gasteiger partial charge in [0, 0.05) is 6.54 Å². The number of imide groups is 1. The van der Waals surface area contributed by atoms with Crippen LogP contribution in [0.4, 0.5) is 4.79 Å². The molecule has 1 aromatic carbocycles. The maximum atomic E-state index is 12.3. The van der Waals surface area contributed by atoms with Crippen molar-refractivity contribution >= 4 is 11.9 Å². The fourth-order valence-corrected chi connectivity index (χ4v) is 2.88. The van der Waals surface area contributed by atoms with Gasteiger partial charge in [-0.25, -0.2) is 9.69 Å². The summed E-state index contributed by atoms with van der Waals surface area (Å²) in [4.78, 5) is 27.5. The lowest BCUT2D eigenvalue weighted by Crippen LogP contribution is -2.40. The molecule has 1 fully saturated rings. The zero-order valence-corrected chi connectivity index (χ0v) is 15.4. The van der Waals surface area contributed by atoms with Gasteiger partial charge in [-0.2, -0.15) is 0 Å². The lowest BCUT2D eigenvalue weighted by atomic mass is 10.2. The van der Waals surface area contributed by atoms with Gasteiger partial charge in [0.1, 0.15) is 6.04 Å². The molecule has 0 aliphatic carbocycles. The maximum absolute atomic E-state index is 12.3. The van der Waals surface area contributed by atoms with Crippen LogP contribution in [0.1, 0.15) is 32.3 Å². The largest absolute Gasteiger partial charge is 0.493 e. The van der Waals surface area contributed by atoms with Crippen LogP contribution in [0.3, 0.4) is 0 Å². The lowest BCUT2D eigenvalue weighted by molar-refractivity contribution is -0.129. The number of benzene rings is 1. The molecular formula is C18H27N3O4. The predicted molar refractivity (Wildman–Crippen MR) is 94.6 cm³/mol. The Balaban J connectivity index is 1.99. The second-order valence-corrected chi connectivity index (χ2v) is 6.13. The zero-order chi connectivity index (χ0) is 18.4. The number of carbonyl (C=O) groups excluding carboxylic acids is 2. The molecule has 1 saturated heterocycles. The van der Waals surface area contributed by atoms with E-state index in [1.54, 1.807) is 7.11 Å². The van der Waals surface area contributed by atoms with Crippen molar-refractivity contribution in [1.29, 1.82) is 0 Å². The number of ether oxygens (including phenoxy) is 2. The number of nitrogens with one attached hydrogen (secondary N) is 1. The molecule has 1 aliphatic heterocycles. The van der Waals surface area contributed by atoms with Gasteiger partial charge in [-0.1, -0.05) is 19.4 Å². The van der Waals surface area contributed by atoms with Gasteiger partial charge in [0.2, 0.25) is 0 Å². The molecule has 1 aliphatic rings. The third-order valence-electron chi connectivity index (χ3n) is 4.05. The van der Waals surface area contributed by atoms with E-state index in [-0.39, 0.29) is 18.6 Å². The summed E-state index contributed by atoms with van der Waals surface area (Å²) < 4.78 is 10.9. The van der Waals surface area contributed by atoms with Gasteiger partial charge in [0.05, 0.1) is 20.4 Å². The number of rotatable bonds is 9. The van der Waals surface area contributed by atoms with Crippen LogP contribution in [-0.4, -0.2) is 55.2 Å². The highest BCUT2D eigenvalue weighted by Gasteiger charge is 2.37. The predicted octanol–water partition coefficient (Wildman–Crippen LogP) is 2.20. The molecule has 0 radical (unpaired) electrons. The van der Waals surface area contributed by atoms with Crippen molar-refractivity contribution in [3.05, 3.63) is 23.8 Å². The van der Waals surface area contributed by atoms with E-state index in [2.05, 4.69) is 5.32 Å². The average Bonchev–Trinajstić information content (AvgIpc) is 2.84. The first kappa shape index (κ1) is 19.1. The van der Waals surface area contributed by atoms with Crippen LogP contribution >= 0.6 is 0 Å². The molecule has 0 bridgehead atoms. The highest BCUT2D eigenvalue weighted by Crippen LogP contribution is 2.28. The van der Waals surface area contributed by atoms with Crippen molar-refractivity contribution < 1.29 is 19.1 Å². The minimum absolute atomic E-state index is 0.150.